The van der Waals surface area contributed by atoms with Crippen LogP contribution in [0.15, 0.2) is 18.2 Å². The lowest BCUT2D eigenvalue weighted by Gasteiger charge is -2.34. The zero-order chi connectivity index (χ0) is 24.2. The molecule has 0 spiro atoms. The molecular weight excluding hydrogens is 438 g/mol. The Hall–Kier alpha value is -2.08. The van der Waals surface area contributed by atoms with E-state index >= 15 is 0 Å². The van der Waals surface area contributed by atoms with Crippen molar-refractivity contribution in [1.82, 2.24) is 9.80 Å². The maximum atomic E-state index is 13.4. The number of rotatable bonds is 7. The highest BCUT2D eigenvalue weighted by molar-refractivity contribution is 5.94. The summed E-state index contributed by atoms with van der Waals surface area (Å²) >= 11 is 0. The molecule has 2 saturated carbocycles. The number of benzene rings is 1. The van der Waals surface area contributed by atoms with Crippen LogP contribution in [0.1, 0.15) is 81.8 Å². The topological polar surface area (TPSA) is 64.1 Å². The summed E-state index contributed by atoms with van der Waals surface area (Å²) in [5, 5.41) is 8.95. The van der Waals surface area contributed by atoms with Crippen molar-refractivity contribution < 1.29 is 14.7 Å². The summed E-state index contributed by atoms with van der Waals surface area (Å²) in [4.78, 5) is 31.0. The van der Waals surface area contributed by atoms with E-state index in [1.54, 1.807) is 0 Å². The molecule has 2 aliphatic carbocycles. The van der Waals surface area contributed by atoms with Gasteiger partial charge < -0.3 is 14.9 Å². The number of amides is 2. The van der Waals surface area contributed by atoms with E-state index in [0.717, 1.165) is 82.7 Å². The minimum atomic E-state index is -0.699. The number of carboxylic acid groups (broad SMARTS) is 1. The van der Waals surface area contributed by atoms with Crippen LogP contribution in [0, 0.1) is 11.8 Å². The molecule has 1 N–H and O–H groups in total. The average molecular weight is 482 g/mol. The number of urea groups is 1. The Kier molecular flexibility index (Phi) is 7.96. The third-order valence-electron chi connectivity index (χ3n) is 9.20. The van der Waals surface area contributed by atoms with Crippen LogP contribution in [0.4, 0.5) is 10.5 Å². The van der Waals surface area contributed by atoms with E-state index in [9.17, 15) is 9.59 Å². The summed E-state index contributed by atoms with van der Waals surface area (Å²) in [5.41, 5.74) is 3.95. The number of carboxylic acids is 1. The molecule has 35 heavy (non-hydrogen) atoms. The Morgan fingerprint density at radius 2 is 1.60 bits per heavy atom. The van der Waals surface area contributed by atoms with Crippen molar-refractivity contribution in [1.29, 1.82) is 0 Å². The summed E-state index contributed by atoms with van der Waals surface area (Å²) < 4.78 is 0. The van der Waals surface area contributed by atoms with Crippen molar-refractivity contribution in [3.05, 3.63) is 29.3 Å². The van der Waals surface area contributed by atoms with Gasteiger partial charge in [0.25, 0.3) is 0 Å². The first-order valence-corrected chi connectivity index (χ1v) is 14.2. The molecule has 2 amide bonds. The highest BCUT2D eigenvalue weighted by Crippen LogP contribution is 2.34. The van der Waals surface area contributed by atoms with Crippen molar-refractivity contribution in [2.75, 3.05) is 37.6 Å². The van der Waals surface area contributed by atoms with Crippen molar-refractivity contribution >= 4 is 17.7 Å². The fraction of sp³-hybridized carbons (Fsp3) is 0.724. The Balaban J connectivity index is 1.15. The van der Waals surface area contributed by atoms with E-state index in [4.69, 9.17) is 5.11 Å². The number of nitrogens with zero attached hydrogens (tertiary/aromatic N) is 3. The minimum Gasteiger partial charge on any atom is -0.481 e. The van der Waals surface area contributed by atoms with Gasteiger partial charge in [0, 0.05) is 50.9 Å². The standard InChI is InChI=1S/C29H43N3O3/c33-28(34)13-8-22-6-10-26(11-7-22)31-18-19-32(29(31)35)27-12-9-24-14-16-30(17-15-25(24)20-27)21-23-4-2-1-3-5-23/h9,12,20,22-23,26H,1-8,10-11,13-19,21H2,(H,33,34). The number of carbonyl (C=O) groups excluding carboxylic acids is 1. The predicted octanol–water partition coefficient (Wildman–Crippen LogP) is 5.33. The maximum Gasteiger partial charge on any atom is 0.324 e. The third kappa shape index (κ3) is 6.02. The van der Waals surface area contributed by atoms with Gasteiger partial charge in [0.2, 0.25) is 0 Å². The first-order chi connectivity index (χ1) is 17.1. The molecule has 4 aliphatic rings. The molecule has 0 unspecified atom stereocenters. The van der Waals surface area contributed by atoms with E-state index in [0.29, 0.717) is 12.0 Å². The van der Waals surface area contributed by atoms with Gasteiger partial charge in [0.1, 0.15) is 0 Å². The van der Waals surface area contributed by atoms with Crippen molar-refractivity contribution in [3.8, 4) is 0 Å². The smallest absolute Gasteiger partial charge is 0.324 e. The second-order valence-electron chi connectivity index (χ2n) is 11.5. The molecule has 5 rings (SSSR count). The molecule has 0 bridgehead atoms. The average Bonchev–Trinajstić information content (AvgIpc) is 3.14. The summed E-state index contributed by atoms with van der Waals surface area (Å²) in [6, 6.07) is 7.20. The van der Waals surface area contributed by atoms with E-state index in [2.05, 4.69) is 28.0 Å². The van der Waals surface area contributed by atoms with Crippen LogP contribution < -0.4 is 4.90 Å². The summed E-state index contributed by atoms with van der Waals surface area (Å²) in [6.07, 6.45) is 14.4. The molecule has 1 saturated heterocycles. The first kappa shape index (κ1) is 24.6. The van der Waals surface area contributed by atoms with Gasteiger partial charge in [-0.15, -0.1) is 0 Å². The maximum absolute atomic E-state index is 13.4. The molecule has 2 heterocycles. The summed E-state index contributed by atoms with van der Waals surface area (Å²) in [7, 11) is 0. The Bertz CT molecular complexity index is 889. The van der Waals surface area contributed by atoms with Gasteiger partial charge in [-0.1, -0.05) is 25.3 Å². The monoisotopic (exact) mass is 481 g/mol. The molecule has 6 heteroatoms. The Morgan fingerprint density at radius 3 is 2.34 bits per heavy atom. The van der Waals surface area contributed by atoms with Gasteiger partial charge >= 0.3 is 12.0 Å². The normalized spacial score (nSPS) is 26.6. The van der Waals surface area contributed by atoms with E-state index in [1.807, 2.05) is 4.90 Å². The number of hydrogen-bond acceptors (Lipinski definition) is 3. The molecule has 192 valence electrons. The van der Waals surface area contributed by atoms with Crippen LogP contribution in [-0.2, 0) is 17.6 Å². The fourth-order valence-corrected chi connectivity index (χ4v) is 7.05. The molecule has 0 atom stereocenters. The van der Waals surface area contributed by atoms with E-state index in [1.165, 1.54) is 49.8 Å². The Morgan fingerprint density at radius 1 is 0.857 bits per heavy atom. The zero-order valence-electron chi connectivity index (χ0n) is 21.3. The highest BCUT2D eigenvalue weighted by Gasteiger charge is 2.36. The number of fused-ring (bicyclic) bond motifs is 1. The van der Waals surface area contributed by atoms with Crippen LogP contribution in [-0.4, -0.2) is 65.7 Å². The van der Waals surface area contributed by atoms with Gasteiger partial charge in [0.05, 0.1) is 0 Å². The first-order valence-electron chi connectivity index (χ1n) is 14.2. The van der Waals surface area contributed by atoms with Crippen molar-refractivity contribution in [2.24, 2.45) is 11.8 Å². The quantitative estimate of drug-likeness (QED) is 0.571. The molecule has 1 aromatic carbocycles. The van der Waals surface area contributed by atoms with E-state index in [-0.39, 0.29) is 12.5 Å². The fourth-order valence-electron chi connectivity index (χ4n) is 7.05. The zero-order valence-corrected chi connectivity index (χ0v) is 21.3. The van der Waals surface area contributed by atoms with Gasteiger partial charge in [0.15, 0.2) is 0 Å². The van der Waals surface area contributed by atoms with Crippen LogP contribution in [0.25, 0.3) is 0 Å². The molecule has 1 aromatic rings. The number of anilines is 1. The Labute approximate surface area is 210 Å². The lowest BCUT2D eigenvalue weighted by molar-refractivity contribution is -0.137. The number of hydrogen-bond donors (Lipinski definition) is 1. The second kappa shape index (κ2) is 11.3. The van der Waals surface area contributed by atoms with E-state index < -0.39 is 5.97 Å². The van der Waals surface area contributed by atoms with Crippen molar-refractivity contribution in [2.45, 2.75) is 89.5 Å². The largest absolute Gasteiger partial charge is 0.481 e. The summed E-state index contributed by atoms with van der Waals surface area (Å²) in [5.74, 6) is 0.689. The molecule has 0 radical (unpaired) electrons. The molecular formula is C29H43N3O3. The summed E-state index contributed by atoms with van der Waals surface area (Å²) in [6.45, 7) is 5.13. The predicted molar refractivity (Wildman–Crippen MR) is 139 cm³/mol. The number of carbonyl (C=O) groups is 2. The van der Waals surface area contributed by atoms with Gasteiger partial charge in [-0.2, -0.15) is 0 Å². The van der Waals surface area contributed by atoms with Crippen LogP contribution in [0.3, 0.4) is 0 Å². The van der Waals surface area contributed by atoms with Crippen LogP contribution in [0.2, 0.25) is 0 Å². The molecule has 2 aliphatic heterocycles. The highest BCUT2D eigenvalue weighted by atomic mass is 16.4. The van der Waals surface area contributed by atoms with Crippen LogP contribution >= 0.6 is 0 Å². The molecule has 3 fully saturated rings. The minimum absolute atomic E-state index is 0.159. The second-order valence-corrected chi connectivity index (χ2v) is 11.5. The van der Waals surface area contributed by atoms with Gasteiger partial charge in [-0.05, 0) is 92.9 Å². The SMILES string of the molecule is O=C(O)CCC1CCC(N2CCN(c3ccc4c(c3)CCN(CC3CCCCC3)CC4)C2=O)CC1. The van der Waals surface area contributed by atoms with Gasteiger partial charge in [-0.3, -0.25) is 9.69 Å². The third-order valence-corrected chi connectivity index (χ3v) is 9.20. The number of aliphatic carboxylic acids is 1. The van der Waals surface area contributed by atoms with Crippen molar-refractivity contribution in [3.63, 3.8) is 0 Å². The van der Waals surface area contributed by atoms with Gasteiger partial charge in [-0.25, -0.2) is 4.79 Å². The lowest BCUT2D eigenvalue weighted by atomic mass is 9.83. The van der Waals surface area contributed by atoms with Crippen LogP contribution in [0.5, 0.6) is 0 Å². The lowest BCUT2D eigenvalue weighted by Crippen LogP contribution is -2.41. The molecule has 6 nitrogen and oxygen atoms in total. The molecule has 0 aromatic heterocycles.